The van der Waals surface area contributed by atoms with Gasteiger partial charge in [-0.3, -0.25) is 0 Å². The van der Waals surface area contributed by atoms with Crippen LogP contribution >= 0.6 is 0 Å². The second kappa shape index (κ2) is 6.02. The highest BCUT2D eigenvalue weighted by molar-refractivity contribution is 5.90. The first-order valence-electron chi connectivity index (χ1n) is 5.96. The first kappa shape index (κ1) is 16.1. The third-order valence-corrected chi connectivity index (χ3v) is 2.49. The molecule has 0 unspecified atom stereocenters. The molecule has 112 valence electrons. The van der Waals surface area contributed by atoms with Crippen molar-refractivity contribution < 1.29 is 27.8 Å². The fourth-order valence-electron chi connectivity index (χ4n) is 1.69. The molecule has 0 fully saturated rings. The third kappa shape index (κ3) is 4.32. The highest BCUT2D eigenvalue weighted by Crippen LogP contribution is 2.29. The molecule has 0 spiro atoms. The van der Waals surface area contributed by atoms with Crippen molar-refractivity contribution in [2.45, 2.75) is 38.8 Å². The quantitative estimate of drug-likeness (QED) is 0.793. The largest absolute Gasteiger partial charge is 0.466 e. The van der Waals surface area contributed by atoms with Crippen molar-refractivity contribution in [1.82, 2.24) is 5.32 Å². The Balaban J connectivity index is 2.85. The van der Waals surface area contributed by atoms with Crippen LogP contribution in [-0.4, -0.2) is 30.8 Å². The molecule has 0 aromatic rings. The van der Waals surface area contributed by atoms with Crippen molar-refractivity contribution in [2.75, 3.05) is 7.11 Å². The molecule has 0 aliphatic heterocycles. The zero-order valence-electron chi connectivity index (χ0n) is 11.8. The van der Waals surface area contributed by atoms with Crippen LogP contribution in [0.25, 0.3) is 0 Å². The van der Waals surface area contributed by atoms with E-state index in [1.165, 1.54) is 6.08 Å². The maximum absolute atomic E-state index is 12.8. The number of amides is 1. The van der Waals surface area contributed by atoms with Gasteiger partial charge in [-0.25, -0.2) is 9.59 Å². The molecule has 0 radical (unpaired) electrons. The van der Waals surface area contributed by atoms with E-state index >= 15 is 0 Å². The molecule has 7 heteroatoms. The van der Waals surface area contributed by atoms with Gasteiger partial charge in [0.1, 0.15) is 5.60 Å². The van der Waals surface area contributed by atoms with Crippen molar-refractivity contribution in [1.29, 1.82) is 0 Å². The molecule has 1 aliphatic rings. The van der Waals surface area contributed by atoms with E-state index in [0.29, 0.717) is 0 Å². The highest BCUT2D eigenvalue weighted by Gasteiger charge is 2.31. The Kier molecular flexibility index (Phi) is 4.86. The predicted molar refractivity (Wildman–Crippen MR) is 67.1 cm³/mol. The summed E-state index contributed by atoms with van der Waals surface area (Å²) in [7, 11) is 1.16. The molecule has 0 saturated heterocycles. The predicted octanol–water partition coefficient (Wildman–Crippen LogP) is 2.53. The minimum absolute atomic E-state index is 0.0800. The van der Waals surface area contributed by atoms with Gasteiger partial charge in [-0.2, -0.15) is 8.78 Å². The molecule has 0 aromatic carbocycles. The lowest BCUT2D eigenvalue weighted by Crippen LogP contribution is -2.38. The number of ether oxygens (including phenoxy) is 2. The monoisotopic (exact) mass is 289 g/mol. The van der Waals surface area contributed by atoms with Crippen molar-refractivity contribution in [3.05, 3.63) is 23.3 Å². The topological polar surface area (TPSA) is 64.6 Å². The smallest absolute Gasteiger partial charge is 0.408 e. The first-order valence-corrected chi connectivity index (χ1v) is 5.96. The van der Waals surface area contributed by atoms with E-state index in [4.69, 9.17) is 4.74 Å². The maximum atomic E-state index is 12.8. The number of methoxy groups -OCH3 is 1. The number of esters is 1. The van der Waals surface area contributed by atoms with E-state index in [1.807, 2.05) is 0 Å². The molecule has 20 heavy (non-hydrogen) atoms. The number of nitrogens with one attached hydrogen (secondary N) is 1. The SMILES string of the molecule is COC(=O)C1=C[C@H](NC(=O)OC(C)(C)C)C(=C(F)F)C1. The highest BCUT2D eigenvalue weighted by atomic mass is 19.3. The van der Waals surface area contributed by atoms with Gasteiger partial charge in [-0.05, 0) is 26.8 Å². The van der Waals surface area contributed by atoms with E-state index in [1.54, 1.807) is 20.8 Å². The standard InChI is InChI=1S/C13H17F2NO4/c1-13(2,3)20-12(18)16-9-6-7(11(17)19-4)5-8(9)10(14)15/h6,9H,5H2,1-4H3,(H,16,18)/t9-/m0/s1. The van der Waals surface area contributed by atoms with Crippen LogP contribution < -0.4 is 5.32 Å². The molecular weight excluding hydrogens is 272 g/mol. The molecule has 1 rings (SSSR count). The van der Waals surface area contributed by atoms with E-state index in [-0.39, 0.29) is 17.6 Å². The lowest BCUT2D eigenvalue weighted by atomic mass is 10.1. The minimum Gasteiger partial charge on any atom is -0.466 e. The minimum atomic E-state index is -1.93. The van der Waals surface area contributed by atoms with E-state index in [9.17, 15) is 18.4 Å². The van der Waals surface area contributed by atoms with Crippen LogP contribution in [0.3, 0.4) is 0 Å². The molecular formula is C13H17F2NO4. The molecule has 1 aliphatic carbocycles. The third-order valence-electron chi connectivity index (χ3n) is 2.49. The first-order chi connectivity index (χ1) is 9.14. The number of alkyl carbamates (subject to hydrolysis) is 1. The lowest BCUT2D eigenvalue weighted by molar-refractivity contribution is -0.136. The summed E-state index contributed by atoms with van der Waals surface area (Å²) in [5.74, 6) is -0.697. The fraction of sp³-hybridized carbons (Fsp3) is 0.538. The average molecular weight is 289 g/mol. The summed E-state index contributed by atoms with van der Waals surface area (Å²) in [4.78, 5) is 22.9. The van der Waals surface area contributed by atoms with Crippen LogP contribution in [0.15, 0.2) is 23.3 Å². The summed E-state index contributed by atoms with van der Waals surface area (Å²) in [6, 6.07) is -1.07. The molecule has 0 bridgehead atoms. The van der Waals surface area contributed by atoms with Crippen LogP contribution in [-0.2, 0) is 14.3 Å². The summed E-state index contributed by atoms with van der Waals surface area (Å²) >= 11 is 0. The van der Waals surface area contributed by atoms with Gasteiger partial charge < -0.3 is 14.8 Å². The summed E-state index contributed by atoms with van der Waals surface area (Å²) in [5, 5.41) is 2.29. The Hall–Kier alpha value is -1.92. The maximum Gasteiger partial charge on any atom is 0.408 e. The van der Waals surface area contributed by atoms with Gasteiger partial charge in [0.05, 0.1) is 13.2 Å². The second-order valence-electron chi connectivity index (χ2n) is 5.27. The van der Waals surface area contributed by atoms with Gasteiger partial charge in [0.15, 0.2) is 0 Å². The normalized spacial score (nSPS) is 18.4. The number of rotatable bonds is 2. The van der Waals surface area contributed by atoms with Gasteiger partial charge >= 0.3 is 12.1 Å². The molecule has 1 amide bonds. The van der Waals surface area contributed by atoms with Gasteiger partial charge in [0, 0.05) is 17.6 Å². The summed E-state index contributed by atoms with van der Waals surface area (Å²) < 4.78 is 35.1. The van der Waals surface area contributed by atoms with Crippen LogP contribution in [0.2, 0.25) is 0 Å². The zero-order valence-corrected chi connectivity index (χ0v) is 11.8. The lowest BCUT2D eigenvalue weighted by Gasteiger charge is -2.21. The van der Waals surface area contributed by atoms with Gasteiger partial charge in [-0.15, -0.1) is 0 Å². The molecule has 0 saturated carbocycles. The number of hydrogen-bond donors (Lipinski definition) is 1. The van der Waals surface area contributed by atoms with Crippen LogP contribution in [0.1, 0.15) is 27.2 Å². The van der Waals surface area contributed by atoms with E-state index in [2.05, 4.69) is 10.1 Å². The number of carbonyl (C=O) groups excluding carboxylic acids is 2. The molecule has 0 aromatic heterocycles. The fourth-order valence-corrected chi connectivity index (χ4v) is 1.69. The van der Waals surface area contributed by atoms with Crippen molar-refractivity contribution in [3.8, 4) is 0 Å². The van der Waals surface area contributed by atoms with Crippen molar-refractivity contribution in [3.63, 3.8) is 0 Å². The Morgan fingerprint density at radius 1 is 1.35 bits per heavy atom. The molecule has 5 nitrogen and oxygen atoms in total. The molecule has 0 heterocycles. The van der Waals surface area contributed by atoms with E-state index < -0.39 is 29.8 Å². The Bertz CT molecular complexity index is 473. The molecule has 1 N–H and O–H groups in total. The summed E-state index contributed by atoms with van der Waals surface area (Å²) in [6.45, 7) is 4.97. The Morgan fingerprint density at radius 3 is 2.40 bits per heavy atom. The van der Waals surface area contributed by atoms with Gasteiger partial charge in [-0.1, -0.05) is 0 Å². The van der Waals surface area contributed by atoms with Crippen molar-refractivity contribution in [2.24, 2.45) is 0 Å². The Labute approximate surface area is 115 Å². The van der Waals surface area contributed by atoms with E-state index in [0.717, 1.165) is 7.11 Å². The zero-order chi connectivity index (χ0) is 15.5. The second-order valence-corrected chi connectivity index (χ2v) is 5.27. The van der Waals surface area contributed by atoms with Gasteiger partial charge in [0.2, 0.25) is 0 Å². The van der Waals surface area contributed by atoms with Crippen LogP contribution in [0, 0.1) is 0 Å². The molecule has 1 atom stereocenters. The van der Waals surface area contributed by atoms with Gasteiger partial charge in [0.25, 0.3) is 6.08 Å². The number of carbonyl (C=O) groups is 2. The van der Waals surface area contributed by atoms with Crippen molar-refractivity contribution >= 4 is 12.1 Å². The number of hydrogen-bond acceptors (Lipinski definition) is 4. The Morgan fingerprint density at radius 2 is 1.95 bits per heavy atom. The number of halogens is 2. The van der Waals surface area contributed by atoms with Crippen LogP contribution in [0.5, 0.6) is 0 Å². The summed E-state index contributed by atoms with van der Waals surface area (Å²) in [6.07, 6.45) is -1.77. The van der Waals surface area contributed by atoms with Crippen LogP contribution in [0.4, 0.5) is 13.6 Å². The average Bonchev–Trinajstić information content (AvgIpc) is 2.69. The summed E-state index contributed by atoms with van der Waals surface area (Å²) in [5.41, 5.74) is -0.997.